The molecule has 0 aliphatic heterocycles. The molecule has 2 rings (SSSR count). The second-order valence-corrected chi connectivity index (χ2v) is 5.00. The number of hydrogen-bond acceptors (Lipinski definition) is 4. The maximum Gasteiger partial charge on any atom is 0.270 e. The summed E-state index contributed by atoms with van der Waals surface area (Å²) in [6.07, 6.45) is 2.26. The van der Waals surface area contributed by atoms with Gasteiger partial charge >= 0.3 is 0 Å². The molecule has 0 bridgehead atoms. The van der Waals surface area contributed by atoms with Crippen molar-refractivity contribution in [3.63, 3.8) is 0 Å². The first-order valence-electron chi connectivity index (χ1n) is 6.32. The normalized spacial score (nSPS) is 10.1. The van der Waals surface area contributed by atoms with Crippen LogP contribution in [0.1, 0.15) is 23.8 Å². The molecule has 0 aliphatic carbocycles. The highest BCUT2D eigenvalue weighted by atomic mass is 79.9. The summed E-state index contributed by atoms with van der Waals surface area (Å²) in [6.45, 7) is 2.63. The summed E-state index contributed by atoms with van der Waals surface area (Å²) < 4.78 is 0.926. The number of anilines is 2. The summed E-state index contributed by atoms with van der Waals surface area (Å²) in [5, 5.41) is 5.93. The van der Waals surface area contributed by atoms with E-state index in [2.05, 4.69) is 36.5 Å². The Morgan fingerprint density at radius 1 is 1.30 bits per heavy atom. The summed E-state index contributed by atoms with van der Waals surface area (Å²) in [4.78, 5) is 19.9. The van der Waals surface area contributed by atoms with E-state index in [-0.39, 0.29) is 5.91 Å². The molecule has 1 aromatic carbocycles. The van der Waals surface area contributed by atoms with Crippen LogP contribution in [0, 0.1) is 0 Å². The zero-order valence-electron chi connectivity index (χ0n) is 11.1. The van der Waals surface area contributed by atoms with E-state index in [1.807, 2.05) is 31.2 Å². The number of halogens is 1. The first kappa shape index (κ1) is 14.5. The third-order valence-corrected chi connectivity index (χ3v) is 3.26. The van der Waals surface area contributed by atoms with Gasteiger partial charge in [-0.05, 0) is 34.5 Å². The number of aromatic nitrogens is 2. The average molecular weight is 335 g/mol. The minimum atomic E-state index is -0.190. The standard InChI is InChI=1S/C14H15BrN4O/c1-2-7-16-14(20)12-8-13(18-9-17-12)19-11-6-4-3-5-10(11)15/h3-6,8-9H,2,7H2,1H3,(H,16,20)(H,17,18,19). The molecule has 20 heavy (non-hydrogen) atoms. The Hall–Kier alpha value is -1.95. The summed E-state index contributed by atoms with van der Waals surface area (Å²) in [7, 11) is 0. The molecular formula is C14H15BrN4O. The van der Waals surface area contributed by atoms with E-state index in [0.717, 1.165) is 16.6 Å². The molecule has 0 saturated carbocycles. The lowest BCUT2D eigenvalue weighted by atomic mass is 10.3. The third-order valence-electron chi connectivity index (χ3n) is 2.57. The molecule has 6 heteroatoms. The van der Waals surface area contributed by atoms with Crippen LogP contribution in [0.3, 0.4) is 0 Å². The summed E-state index contributed by atoms with van der Waals surface area (Å²) in [6, 6.07) is 9.33. The van der Waals surface area contributed by atoms with E-state index in [4.69, 9.17) is 0 Å². The van der Waals surface area contributed by atoms with Crippen LogP contribution in [-0.4, -0.2) is 22.4 Å². The van der Waals surface area contributed by atoms with Crippen molar-refractivity contribution >= 4 is 33.3 Å². The molecule has 0 atom stereocenters. The van der Waals surface area contributed by atoms with Crippen LogP contribution in [0.4, 0.5) is 11.5 Å². The Morgan fingerprint density at radius 3 is 2.85 bits per heavy atom. The van der Waals surface area contributed by atoms with Gasteiger partial charge in [0.05, 0.1) is 5.69 Å². The van der Waals surface area contributed by atoms with Gasteiger partial charge in [-0.1, -0.05) is 19.1 Å². The molecule has 2 aromatic rings. The first-order valence-corrected chi connectivity index (χ1v) is 7.12. The van der Waals surface area contributed by atoms with Crippen LogP contribution in [0.5, 0.6) is 0 Å². The zero-order valence-corrected chi connectivity index (χ0v) is 12.6. The molecule has 1 amide bonds. The monoisotopic (exact) mass is 334 g/mol. The van der Waals surface area contributed by atoms with Gasteiger partial charge in [0.25, 0.3) is 5.91 Å². The van der Waals surface area contributed by atoms with Gasteiger partial charge in [-0.2, -0.15) is 0 Å². The Balaban J connectivity index is 2.14. The van der Waals surface area contributed by atoms with Gasteiger partial charge in [0.15, 0.2) is 0 Å². The highest BCUT2D eigenvalue weighted by Gasteiger charge is 2.08. The van der Waals surface area contributed by atoms with E-state index in [1.54, 1.807) is 6.07 Å². The molecule has 0 radical (unpaired) electrons. The highest BCUT2D eigenvalue weighted by molar-refractivity contribution is 9.10. The number of nitrogens with zero attached hydrogens (tertiary/aromatic N) is 2. The van der Waals surface area contributed by atoms with Gasteiger partial charge < -0.3 is 10.6 Å². The van der Waals surface area contributed by atoms with Gasteiger partial charge in [0.1, 0.15) is 17.8 Å². The molecule has 0 unspecified atom stereocenters. The highest BCUT2D eigenvalue weighted by Crippen LogP contribution is 2.24. The Kier molecular flexibility index (Phi) is 5.06. The zero-order chi connectivity index (χ0) is 14.4. The molecule has 1 heterocycles. The van der Waals surface area contributed by atoms with Crippen molar-refractivity contribution in [2.45, 2.75) is 13.3 Å². The molecular weight excluding hydrogens is 320 g/mol. The van der Waals surface area contributed by atoms with Gasteiger partial charge in [0.2, 0.25) is 0 Å². The fourth-order valence-electron chi connectivity index (χ4n) is 1.58. The first-order chi connectivity index (χ1) is 9.70. The largest absolute Gasteiger partial charge is 0.351 e. The number of carbonyl (C=O) groups excluding carboxylic acids is 1. The van der Waals surface area contributed by atoms with E-state index in [1.165, 1.54) is 6.33 Å². The van der Waals surface area contributed by atoms with Crippen molar-refractivity contribution in [1.29, 1.82) is 0 Å². The summed E-state index contributed by atoms with van der Waals surface area (Å²) >= 11 is 3.45. The van der Waals surface area contributed by atoms with Crippen LogP contribution < -0.4 is 10.6 Å². The topological polar surface area (TPSA) is 66.9 Å². The Morgan fingerprint density at radius 2 is 2.10 bits per heavy atom. The maximum absolute atomic E-state index is 11.8. The van der Waals surface area contributed by atoms with Crippen molar-refractivity contribution in [2.24, 2.45) is 0 Å². The smallest absolute Gasteiger partial charge is 0.270 e. The fourth-order valence-corrected chi connectivity index (χ4v) is 1.96. The van der Waals surface area contributed by atoms with Crippen LogP contribution in [0.2, 0.25) is 0 Å². The van der Waals surface area contributed by atoms with Crippen LogP contribution in [0.15, 0.2) is 41.1 Å². The van der Waals surface area contributed by atoms with Crippen molar-refractivity contribution in [1.82, 2.24) is 15.3 Å². The molecule has 104 valence electrons. The minimum absolute atomic E-state index is 0.190. The van der Waals surface area contributed by atoms with Crippen LogP contribution in [-0.2, 0) is 0 Å². The summed E-state index contributed by atoms with van der Waals surface area (Å²) in [5.74, 6) is 0.387. The molecule has 0 aliphatic rings. The maximum atomic E-state index is 11.8. The minimum Gasteiger partial charge on any atom is -0.351 e. The molecule has 0 spiro atoms. The van der Waals surface area contributed by atoms with Gasteiger partial charge in [-0.3, -0.25) is 4.79 Å². The van der Waals surface area contributed by atoms with E-state index < -0.39 is 0 Å². The second kappa shape index (κ2) is 7.00. The number of benzene rings is 1. The molecule has 0 fully saturated rings. The molecule has 1 aromatic heterocycles. The molecule has 5 nitrogen and oxygen atoms in total. The van der Waals surface area contributed by atoms with Crippen molar-refractivity contribution in [3.05, 3.63) is 46.8 Å². The van der Waals surface area contributed by atoms with E-state index in [9.17, 15) is 4.79 Å². The number of para-hydroxylation sites is 1. The van der Waals surface area contributed by atoms with E-state index in [0.29, 0.717) is 18.1 Å². The van der Waals surface area contributed by atoms with Crippen molar-refractivity contribution in [2.75, 3.05) is 11.9 Å². The van der Waals surface area contributed by atoms with Crippen molar-refractivity contribution in [3.8, 4) is 0 Å². The number of rotatable bonds is 5. The summed E-state index contributed by atoms with van der Waals surface area (Å²) in [5.41, 5.74) is 1.23. The number of carbonyl (C=O) groups is 1. The lowest BCUT2D eigenvalue weighted by Crippen LogP contribution is -2.25. The molecule has 2 N–H and O–H groups in total. The quantitative estimate of drug-likeness (QED) is 0.881. The lowest BCUT2D eigenvalue weighted by molar-refractivity contribution is 0.0948. The van der Waals surface area contributed by atoms with Gasteiger partial charge in [0, 0.05) is 17.1 Å². The van der Waals surface area contributed by atoms with Crippen LogP contribution in [0.25, 0.3) is 0 Å². The van der Waals surface area contributed by atoms with Crippen LogP contribution >= 0.6 is 15.9 Å². The number of nitrogens with one attached hydrogen (secondary N) is 2. The SMILES string of the molecule is CCCNC(=O)c1cc(Nc2ccccc2Br)ncn1. The second-order valence-electron chi connectivity index (χ2n) is 4.15. The fraction of sp³-hybridized carbons (Fsp3) is 0.214. The average Bonchev–Trinajstić information content (AvgIpc) is 2.47. The van der Waals surface area contributed by atoms with E-state index >= 15 is 0 Å². The Labute approximate surface area is 126 Å². The lowest BCUT2D eigenvalue weighted by Gasteiger charge is -2.08. The predicted octanol–water partition coefficient (Wildman–Crippen LogP) is 3.12. The number of amides is 1. The Bertz CT molecular complexity index is 603. The number of hydrogen-bond donors (Lipinski definition) is 2. The van der Waals surface area contributed by atoms with Gasteiger partial charge in [-0.15, -0.1) is 0 Å². The van der Waals surface area contributed by atoms with Crippen molar-refractivity contribution < 1.29 is 4.79 Å². The predicted molar refractivity (Wildman–Crippen MR) is 82.1 cm³/mol. The van der Waals surface area contributed by atoms with Gasteiger partial charge in [-0.25, -0.2) is 9.97 Å². The third kappa shape index (κ3) is 3.77. The molecule has 0 saturated heterocycles.